The lowest BCUT2D eigenvalue weighted by atomic mass is 9.94. The summed E-state index contributed by atoms with van der Waals surface area (Å²) in [4.78, 5) is 11.3. The van der Waals surface area contributed by atoms with Gasteiger partial charge in [-0.1, -0.05) is 0 Å². The molecule has 0 amide bonds. The van der Waals surface area contributed by atoms with Crippen LogP contribution >= 0.6 is 0 Å². The lowest BCUT2D eigenvalue weighted by Crippen LogP contribution is -2.41. The van der Waals surface area contributed by atoms with Gasteiger partial charge in [0.25, 0.3) is 6.43 Å². The minimum absolute atomic E-state index is 0.0307. The molecule has 0 saturated carbocycles. The Morgan fingerprint density at radius 1 is 1.69 bits per heavy atom. The Morgan fingerprint density at radius 2 is 2.25 bits per heavy atom. The van der Waals surface area contributed by atoms with Crippen LogP contribution in [0.25, 0.3) is 0 Å². The van der Waals surface area contributed by atoms with E-state index in [1.54, 1.807) is 0 Å². The second-order valence-electron chi connectivity index (χ2n) is 3.64. The van der Waals surface area contributed by atoms with Gasteiger partial charge in [-0.05, 0) is 6.92 Å². The molecule has 1 unspecified atom stereocenters. The van der Waals surface area contributed by atoms with Crippen LogP contribution in [-0.2, 0) is 17.3 Å². The number of ether oxygens (including phenoxy) is 1. The van der Waals surface area contributed by atoms with E-state index in [9.17, 15) is 13.6 Å². The van der Waals surface area contributed by atoms with Crippen LogP contribution in [0.5, 0.6) is 0 Å². The Labute approximate surface area is 91.2 Å². The molecule has 1 rings (SSSR count). The Kier molecular flexibility index (Phi) is 3.27. The maximum Gasteiger partial charge on any atom is 0.358 e. The largest absolute Gasteiger partial charge is 0.464 e. The van der Waals surface area contributed by atoms with Gasteiger partial charge in [0.05, 0.1) is 7.11 Å². The highest BCUT2D eigenvalue weighted by molar-refractivity contribution is 5.89. The molecule has 1 atom stereocenters. The van der Waals surface area contributed by atoms with E-state index in [0.717, 1.165) is 14.0 Å². The normalized spacial score (nSPS) is 14.9. The number of alkyl halides is 2. The molecule has 0 bridgehead atoms. The van der Waals surface area contributed by atoms with Gasteiger partial charge in [0, 0.05) is 18.8 Å². The molecule has 1 heterocycles. The van der Waals surface area contributed by atoms with Crippen molar-refractivity contribution in [3.63, 3.8) is 0 Å². The number of carbonyl (C=O) groups excluding carboxylic acids is 1. The average Bonchev–Trinajstić information content (AvgIpc) is 2.59. The maximum absolute atomic E-state index is 12.7. The van der Waals surface area contributed by atoms with Gasteiger partial charge in [0.1, 0.15) is 5.54 Å². The molecular weight excluding hydrogens is 220 g/mol. The summed E-state index contributed by atoms with van der Waals surface area (Å²) in [6.45, 7) is 1.14. The standard InChI is InChI=1S/C9H13F2N3O2/c1-9(12,8(10)11)5-4-14(2)13-6(5)7(15)16-3/h4,8H,12H2,1-3H3. The number of hydrogen-bond acceptors (Lipinski definition) is 4. The summed E-state index contributed by atoms with van der Waals surface area (Å²) >= 11 is 0. The highest BCUT2D eigenvalue weighted by Gasteiger charge is 2.38. The van der Waals surface area contributed by atoms with Crippen LogP contribution in [0.4, 0.5) is 8.78 Å². The molecule has 0 aliphatic heterocycles. The van der Waals surface area contributed by atoms with Crippen molar-refractivity contribution in [3.8, 4) is 0 Å². The lowest BCUT2D eigenvalue weighted by Gasteiger charge is -2.22. The van der Waals surface area contributed by atoms with Crippen molar-refractivity contribution < 1.29 is 18.3 Å². The summed E-state index contributed by atoms with van der Waals surface area (Å²) in [5, 5.41) is 3.76. The number of aryl methyl sites for hydroxylation is 1. The summed E-state index contributed by atoms with van der Waals surface area (Å²) in [5.41, 5.74) is 3.33. The molecule has 0 aliphatic carbocycles. The summed E-state index contributed by atoms with van der Waals surface area (Å²) in [6, 6.07) is 0. The minimum Gasteiger partial charge on any atom is -0.464 e. The minimum atomic E-state index is -2.81. The Hall–Kier alpha value is -1.50. The van der Waals surface area contributed by atoms with Crippen molar-refractivity contribution in [2.24, 2.45) is 12.8 Å². The number of halogens is 2. The summed E-state index contributed by atoms with van der Waals surface area (Å²) in [7, 11) is 2.66. The number of esters is 1. The molecule has 0 spiro atoms. The van der Waals surface area contributed by atoms with Gasteiger partial charge in [0.2, 0.25) is 0 Å². The van der Waals surface area contributed by atoms with Gasteiger partial charge in [-0.3, -0.25) is 4.68 Å². The summed E-state index contributed by atoms with van der Waals surface area (Å²) in [6.07, 6.45) is -1.52. The molecule has 1 aromatic heterocycles. The van der Waals surface area contributed by atoms with Crippen LogP contribution < -0.4 is 5.73 Å². The van der Waals surface area contributed by atoms with Crippen LogP contribution in [0, 0.1) is 0 Å². The van der Waals surface area contributed by atoms with Crippen LogP contribution in [0.1, 0.15) is 23.0 Å². The molecule has 1 aromatic rings. The van der Waals surface area contributed by atoms with Crippen molar-refractivity contribution in [2.75, 3.05) is 7.11 Å². The van der Waals surface area contributed by atoms with E-state index in [1.807, 2.05) is 0 Å². The molecule has 2 N–H and O–H groups in total. The van der Waals surface area contributed by atoms with Crippen LogP contribution in [0.3, 0.4) is 0 Å². The molecule has 0 aromatic carbocycles. The first-order valence-corrected chi connectivity index (χ1v) is 4.50. The summed E-state index contributed by atoms with van der Waals surface area (Å²) < 4.78 is 31.2. The van der Waals surface area contributed by atoms with Gasteiger partial charge < -0.3 is 10.5 Å². The third kappa shape index (κ3) is 2.04. The fraction of sp³-hybridized carbons (Fsp3) is 0.556. The molecule has 0 saturated heterocycles. The van der Waals surface area contributed by atoms with E-state index in [0.29, 0.717) is 0 Å². The highest BCUT2D eigenvalue weighted by Crippen LogP contribution is 2.27. The quantitative estimate of drug-likeness (QED) is 0.778. The van der Waals surface area contributed by atoms with Crippen molar-refractivity contribution in [1.82, 2.24) is 9.78 Å². The Balaban J connectivity index is 3.28. The monoisotopic (exact) mass is 233 g/mol. The van der Waals surface area contributed by atoms with Crippen molar-refractivity contribution in [3.05, 3.63) is 17.5 Å². The smallest absolute Gasteiger partial charge is 0.358 e. The van der Waals surface area contributed by atoms with Gasteiger partial charge in [0.15, 0.2) is 5.69 Å². The second kappa shape index (κ2) is 4.17. The third-order valence-corrected chi connectivity index (χ3v) is 2.24. The van der Waals surface area contributed by atoms with Gasteiger partial charge in [-0.2, -0.15) is 5.10 Å². The third-order valence-electron chi connectivity index (χ3n) is 2.24. The first kappa shape index (κ1) is 12.6. The van der Waals surface area contributed by atoms with Gasteiger partial charge >= 0.3 is 5.97 Å². The topological polar surface area (TPSA) is 70.1 Å². The maximum atomic E-state index is 12.7. The van der Waals surface area contributed by atoms with Crippen LogP contribution in [-0.4, -0.2) is 29.3 Å². The molecule has 90 valence electrons. The van der Waals surface area contributed by atoms with Gasteiger partial charge in [-0.25, -0.2) is 13.6 Å². The Morgan fingerprint density at radius 3 is 2.69 bits per heavy atom. The zero-order valence-corrected chi connectivity index (χ0v) is 9.20. The molecule has 7 heteroatoms. The van der Waals surface area contributed by atoms with E-state index < -0.39 is 17.9 Å². The summed E-state index contributed by atoms with van der Waals surface area (Å²) in [5.74, 6) is -0.784. The van der Waals surface area contributed by atoms with Crippen molar-refractivity contribution >= 4 is 5.97 Å². The zero-order chi connectivity index (χ0) is 12.5. The molecule has 16 heavy (non-hydrogen) atoms. The molecular formula is C9H13F2N3O2. The number of nitrogens with two attached hydrogens (primary N) is 1. The van der Waals surface area contributed by atoms with E-state index in [2.05, 4.69) is 9.84 Å². The number of aromatic nitrogens is 2. The van der Waals surface area contributed by atoms with E-state index in [-0.39, 0.29) is 11.3 Å². The van der Waals surface area contributed by atoms with Crippen molar-refractivity contribution in [2.45, 2.75) is 18.9 Å². The van der Waals surface area contributed by atoms with Crippen LogP contribution in [0.15, 0.2) is 6.20 Å². The fourth-order valence-corrected chi connectivity index (χ4v) is 1.25. The highest BCUT2D eigenvalue weighted by atomic mass is 19.3. The Bertz CT molecular complexity index is 401. The van der Waals surface area contributed by atoms with E-state index in [1.165, 1.54) is 17.9 Å². The lowest BCUT2D eigenvalue weighted by molar-refractivity contribution is 0.0542. The second-order valence-corrected chi connectivity index (χ2v) is 3.64. The van der Waals surface area contributed by atoms with Crippen molar-refractivity contribution in [1.29, 1.82) is 0 Å². The number of nitrogens with zero attached hydrogens (tertiary/aromatic N) is 2. The fourth-order valence-electron chi connectivity index (χ4n) is 1.25. The predicted octanol–water partition coefficient (Wildman–Crippen LogP) is 0.646. The van der Waals surface area contributed by atoms with E-state index in [4.69, 9.17) is 5.73 Å². The number of rotatable bonds is 3. The number of hydrogen-bond donors (Lipinski definition) is 1. The van der Waals surface area contributed by atoms with Gasteiger partial charge in [-0.15, -0.1) is 0 Å². The number of carbonyl (C=O) groups is 1. The SMILES string of the molecule is COC(=O)c1nn(C)cc1C(C)(N)C(F)F. The molecule has 5 nitrogen and oxygen atoms in total. The molecule has 0 radical (unpaired) electrons. The first-order chi connectivity index (χ1) is 7.30. The molecule has 0 aliphatic rings. The van der Waals surface area contributed by atoms with E-state index >= 15 is 0 Å². The number of methoxy groups -OCH3 is 1. The predicted molar refractivity (Wildman–Crippen MR) is 52.1 cm³/mol. The zero-order valence-electron chi connectivity index (χ0n) is 9.20. The molecule has 0 fully saturated rings. The van der Waals surface area contributed by atoms with Crippen LogP contribution in [0.2, 0.25) is 0 Å². The average molecular weight is 233 g/mol. The first-order valence-electron chi connectivity index (χ1n) is 4.50.